The molecule has 108 valence electrons. The quantitative estimate of drug-likeness (QED) is 0.615. The Bertz CT molecular complexity index is 347. The molecule has 0 saturated heterocycles. The van der Waals surface area contributed by atoms with Gasteiger partial charge in [0.15, 0.2) is 0 Å². The monoisotopic (exact) mass is 262 g/mol. The molecule has 0 aliphatic rings. The van der Waals surface area contributed by atoms with Crippen LogP contribution in [-0.2, 0) is 0 Å². The van der Waals surface area contributed by atoms with Gasteiger partial charge in [-0.1, -0.05) is 50.3 Å². The Morgan fingerprint density at radius 3 is 2.42 bits per heavy atom. The van der Waals surface area contributed by atoms with Crippen LogP contribution in [-0.4, -0.2) is 19.6 Å². The molecule has 0 saturated carbocycles. The molecule has 1 aromatic rings. The van der Waals surface area contributed by atoms with Crippen LogP contribution in [0.3, 0.4) is 0 Å². The number of hydrogen-bond acceptors (Lipinski definition) is 2. The summed E-state index contributed by atoms with van der Waals surface area (Å²) in [7, 11) is 0. The van der Waals surface area contributed by atoms with Crippen molar-refractivity contribution < 1.29 is 0 Å². The molecular formula is C17H30N2. The fourth-order valence-corrected chi connectivity index (χ4v) is 2.28. The summed E-state index contributed by atoms with van der Waals surface area (Å²) in [6, 6.07) is 6.56. The highest BCUT2D eigenvalue weighted by Gasteiger charge is 1.97. The molecule has 0 aliphatic heterocycles. The van der Waals surface area contributed by atoms with Gasteiger partial charge in [0, 0.05) is 18.8 Å². The summed E-state index contributed by atoms with van der Waals surface area (Å²) in [6.07, 6.45) is 6.77. The number of nitrogens with one attached hydrogen (secondary N) is 2. The Kier molecular flexibility index (Phi) is 8.31. The largest absolute Gasteiger partial charge is 0.384 e. The van der Waals surface area contributed by atoms with Gasteiger partial charge in [-0.3, -0.25) is 0 Å². The number of aryl methyl sites for hydroxylation is 2. The molecule has 0 atom stereocenters. The molecule has 0 aliphatic carbocycles. The first-order chi connectivity index (χ1) is 9.24. The van der Waals surface area contributed by atoms with Crippen LogP contribution in [0.25, 0.3) is 0 Å². The van der Waals surface area contributed by atoms with Crippen LogP contribution in [0.15, 0.2) is 18.2 Å². The minimum absolute atomic E-state index is 0.999. The lowest BCUT2D eigenvalue weighted by molar-refractivity contribution is 0.589. The highest BCUT2D eigenvalue weighted by atomic mass is 14.9. The molecule has 0 radical (unpaired) electrons. The van der Waals surface area contributed by atoms with Gasteiger partial charge in [-0.2, -0.15) is 0 Å². The number of unbranched alkanes of at least 4 members (excludes halogenated alkanes) is 4. The summed E-state index contributed by atoms with van der Waals surface area (Å²) in [6.45, 7) is 9.75. The number of rotatable bonds is 10. The summed E-state index contributed by atoms with van der Waals surface area (Å²) in [5.41, 5.74) is 3.92. The van der Waals surface area contributed by atoms with Gasteiger partial charge in [-0.25, -0.2) is 0 Å². The smallest absolute Gasteiger partial charge is 0.0370 e. The third-order valence-corrected chi connectivity index (χ3v) is 3.46. The summed E-state index contributed by atoms with van der Waals surface area (Å²) >= 11 is 0. The van der Waals surface area contributed by atoms with Gasteiger partial charge < -0.3 is 10.6 Å². The van der Waals surface area contributed by atoms with Crippen molar-refractivity contribution in [3.05, 3.63) is 29.3 Å². The molecule has 0 fully saturated rings. The van der Waals surface area contributed by atoms with Crippen molar-refractivity contribution in [2.45, 2.75) is 52.9 Å². The molecule has 0 amide bonds. The first-order valence-corrected chi connectivity index (χ1v) is 7.76. The molecule has 19 heavy (non-hydrogen) atoms. The van der Waals surface area contributed by atoms with Crippen LogP contribution >= 0.6 is 0 Å². The molecule has 2 nitrogen and oxygen atoms in total. The third-order valence-electron chi connectivity index (χ3n) is 3.46. The molecule has 2 heteroatoms. The number of hydrogen-bond donors (Lipinski definition) is 2. The van der Waals surface area contributed by atoms with E-state index in [0.717, 1.165) is 19.6 Å². The Morgan fingerprint density at radius 1 is 0.895 bits per heavy atom. The Morgan fingerprint density at radius 2 is 1.68 bits per heavy atom. The lowest BCUT2D eigenvalue weighted by Crippen LogP contribution is -2.23. The topological polar surface area (TPSA) is 24.1 Å². The van der Waals surface area contributed by atoms with Crippen LogP contribution in [0.2, 0.25) is 0 Å². The van der Waals surface area contributed by atoms with Gasteiger partial charge in [0.05, 0.1) is 0 Å². The zero-order valence-corrected chi connectivity index (χ0v) is 12.9. The number of anilines is 1. The van der Waals surface area contributed by atoms with Crippen molar-refractivity contribution in [1.82, 2.24) is 5.32 Å². The Hall–Kier alpha value is -1.02. The minimum Gasteiger partial charge on any atom is -0.384 e. The molecule has 0 spiro atoms. The summed E-state index contributed by atoms with van der Waals surface area (Å²) in [4.78, 5) is 0. The predicted molar refractivity (Wildman–Crippen MR) is 86.0 cm³/mol. The van der Waals surface area contributed by atoms with Crippen molar-refractivity contribution in [2.24, 2.45) is 0 Å². The standard InChI is InChI=1S/C17H30N2/c1-4-5-6-7-8-11-18-12-13-19-17-10-9-15(2)14-16(17)3/h9-10,14,18-19H,4-8,11-13H2,1-3H3. The number of benzene rings is 1. The zero-order chi connectivity index (χ0) is 13.9. The van der Waals surface area contributed by atoms with Crippen molar-refractivity contribution in [2.75, 3.05) is 25.0 Å². The molecular weight excluding hydrogens is 232 g/mol. The van der Waals surface area contributed by atoms with Crippen molar-refractivity contribution in [3.8, 4) is 0 Å². The van der Waals surface area contributed by atoms with Crippen molar-refractivity contribution in [3.63, 3.8) is 0 Å². The molecule has 0 heterocycles. The van der Waals surface area contributed by atoms with E-state index in [-0.39, 0.29) is 0 Å². The van der Waals surface area contributed by atoms with Crippen LogP contribution in [0.4, 0.5) is 5.69 Å². The van der Waals surface area contributed by atoms with Gasteiger partial charge in [0.2, 0.25) is 0 Å². The second-order valence-corrected chi connectivity index (χ2v) is 5.41. The van der Waals surface area contributed by atoms with E-state index < -0.39 is 0 Å². The molecule has 0 bridgehead atoms. The Balaban J connectivity index is 2.01. The molecule has 2 N–H and O–H groups in total. The van der Waals surface area contributed by atoms with Gasteiger partial charge in [0.1, 0.15) is 0 Å². The molecule has 1 rings (SSSR count). The van der Waals surface area contributed by atoms with Crippen LogP contribution in [0, 0.1) is 13.8 Å². The lowest BCUT2D eigenvalue weighted by Gasteiger charge is -2.11. The molecule has 0 unspecified atom stereocenters. The fraction of sp³-hybridized carbons (Fsp3) is 0.647. The van der Waals surface area contributed by atoms with E-state index in [9.17, 15) is 0 Å². The predicted octanol–water partition coefficient (Wildman–Crippen LogP) is 4.28. The SMILES string of the molecule is CCCCCCCNCCNc1ccc(C)cc1C. The van der Waals surface area contributed by atoms with Crippen LogP contribution in [0.1, 0.15) is 50.2 Å². The maximum atomic E-state index is 3.50. The maximum Gasteiger partial charge on any atom is 0.0370 e. The average Bonchev–Trinajstić information content (AvgIpc) is 2.39. The van der Waals surface area contributed by atoms with Gasteiger partial charge in [-0.05, 0) is 38.4 Å². The summed E-state index contributed by atoms with van der Waals surface area (Å²) in [5, 5.41) is 6.99. The first-order valence-electron chi connectivity index (χ1n) is 7.76. The summed E-state index contributed by atoms with van der Waals surface area (Å²) < 4.78 is 0. The van der Waals surface area contributed by atoms with E-state index in [1.165, 1.54) is 48.9 Å². The fourth-order valence-electron chi connectivity index (χ4n) is 2.28. The summed E-state index contributed by atoms with van der Waals surface area (Å²) in [5.74, 6) is 0. The Labute approximate surface area is 119 Å². The minimum atomic E-state index is 0.999. The molecule has 1 aromatic carbocycles. The van der Waals surface area contributed by atoms with Gasteiger partial charge >= 0.3 is 0 Å². The normalized spacial score (nSPS) is 10.7. The van der Waals surface area contributed by atoms with E-state index in [1.54, 1.807) is 0 Å². The highest BCUT2D eigenvalue weighted by Crippen LogP contribution is 2.15. The van der Waals surface area contributed by atoms with Crippen LogP contribution < -0.4 is 10.6 Å². The highest BCUT2D eigenvalue weighted by molar-refractivity contribution is 5.51. The zero-order valence-electron chi connectivity index (χ0n) is 12.9. The second kappa shape index (κ2) is 9.85. The first kappa shape index (κ1) is 16.0. The van der Waals surface area contributed by atoms with Gasteiger partial charge in [0.25, 0.3) is 0 Å². The lowest BCUT2D eigenvalue weighted by atomic mass is 10.1. The maximum absolute atomic E-state index is 3.50. The van der Waals surface area contributed by atoms with E-state index in [1.807, 2.05) is 0 Å². The third kappa shape index (κ3) is 7.22. The second-order valence-electron chi connectivity index (χ2n) is 5.41. The average molecular weight is 262 g/mol. The van der Waals surface area contributed by atoms with E-state index in [4.69, 9.17) is 0 Å². The van der Waals surface area contributed by atoms with Crippen molar-refractivity contribution >= 4 is 5.69 Å². The van der Waals surface area contributed by atoms with Gasteiger partial charge in [-0.15, -0.1) is 0 Å². The van der Waals surface area contributed by atoms with E-state index in [2.05, 4.69) is 49.6 Å². The van der Waals surface area contributed by atoms with Crippen LogP contribution in [0.5, 0.6) is 0 Å². The van der Waals surface area contributed by atoms with E-state index >= 15 is 0 Å². The van der Waals surface area contributed by atoms with E-state index in [0.29, 0.717) is 0 Å². The molecule has 0 aromatic heterocycles. The van der Waals surface area contributed by atoms with Crippen molar-refractivity contribution in [1.29, 1.82) is 0 Å².